The minimum atomic E-state index is 0.000569. The van der Waals surface area contributed by atoms with Crippen molar-refractivity contribution in [1.29, 1.82) is 0 Å². The van der Waals surface area contributed by atoms with Gasteiger partial charge in [-0.25, -0.2) is 0 Å². The van der Waals surface area contributed by atoms with Crippen molar-refractivity contribution in [2.75, 3.05) is 26.9 Å². The molecule has 0 unspecified atom stereocenters. The molecular weight excluding hydrogens is 454 g/mol. The number of likely N-dealkylation sites (N-methyl/N-ethyl adjacent to an activating group) is 1. The summed E-state index contributed by atoms with van der Waals surface area (Å²) < 4.78 is 10.2. The number of hydrogen-bond acceptors (Lipinski definition) is 4. The minimum absolute atomic E-state index is 0.000569. The Morgan fingerprint density at radius 2 is 1.97 bits per heavy atom. The highest BCUT2D eigenvalue weighted by Gasteiger charge is 2.32. The zero-order valence-electron chi connectivity index (χ0n) is 21.1. The molecule has 188 valence electrons. The quantitative estimate of drug-likeness (QED) is 0.502. The van der Waals surface area contributed by atoms with Gasteiger partial charge >= 0.3 is 0 Å². The Morgan fingerprint density at radius 3 is 2.69 bits per heavy atom. The number of carbonyl (C=O) groups is 2. The Labute approximate surface area is 211 Å². The lowest BCUT2D eigenvalue weighted by Gasteiger charge is -2.36. The highest BCUT2D eigenvalue weighted by molar-refractivity contribution is 6.07. The van der Waals surface area contributed by atoms with Gasteiger partial charge in [0.2, 0.25) is 19.1 Å². The number of carbonyl (C=O) groups excluding carboxylic acids is 2. The summed E-state index contributed by atoms with van der Waals surface area (Å²) in [6, 6.07) is 12.8. The highest BCUT2D eigenvalue weighted by atomic mass is 16.7. The summed E-state index contributed by atoms with van der Waals surface area (Å²) in [6.45, 7) is 8.70. The number of aromatic nitrogens is 1. The van der Waals surface area contributed by atoms with Crippen LogP contribution in [0.1, 0.15) is 37.6 Å². The molecule has 1 fully saturated rings. The number of nitrogens with one attached hydrogen (secondary N) is 1. The molecule has 3 heterocycles. The van der Waals surface area contributed by atoms with Crippen LogP contribution in [0, 0.1) is 0 Å². The van der Waals surface area contributed by atoms with Gasteiger partial charge in [0, 0.05) is 30.1 Å². The van der Waals surface area contributed by atoms with Crippen molar-refractivity contribution in [3.8, 4) is 0 Å². The maximum absolute atomic E-state index is 12.7. The summed E-state index contributed by atoms with van der Waals surface area (Å²) in [7, 11) is 1.64. The maximum atomic E-state index is 12.7. The molecule has 5 rings (SSSR count). The van der Waals surface area contributed by atoms with E-state index in [2.05, 4.69) is 54.9 Å². The zero-order valence-corrected chi connectivity index (χ0v) is 21.1. The fourth-order valence-electron chi connectivity index (χ4n) is 4.94. The number of fused-ring (bicyclic) bond motifs is 5. The van der Waals surface area contributed by atoms with Crippen LogP contribution in [0.5, 0.6) is 0 Å². The molecule has 0 saturated carbocycles. The number of allylic oxidation sites excluding steroid dienone is 3. The third-order valence-electron chi connectivity index (χ3n) is 6.63. The molecule has 0 radical (unpaired) electrons. The zero-order chi connectivity index (χ0) is 25.7. The number of nitrogens with zero attached hydrogens (tertiary/aromatic N) is 2. The Balaban J connectivity index is 0.000000256. The van der Waals surface area contributed by atoms with Gasteiger partial charge in [0.15, 0.2) is 11.5 Å². The third kappa shape index (κ3) is 4.87. The Bertz CT molecular complexity index is 1340. The van der Waals surface area contributed by atoms with Crippen molar-refractivity contribution in [1.82, 2.24) is 14.8 Å². The standard InChI is InChI=1S/C21H23N3O2.C8H10O2/c1-3-18-21-17(10-11-24(18)19(26)12-23(2)13-25)16-9-8-14-6-4-5-7-15(14)20(16)22-21;1-3-5-8-7(4-2)9-6-10-8/h4-9,13,18,22H,3,10-12H2,1-2H3;3-5H,1,6H2,2H3/b;7-4+,8-5+/t18-;/m0./s1. The van der Waals surface area contributed by atoms with Gasteiger partial charge in [-0.15, -0.1) is 0 Å². The smallest absolute Gasteiger partial charge is 0.242 e. The largest absolute Gasteiger partial charge is 0.454 e. The average molecular weight is 488 g/mol. The molecule has 0 bridgehead atoms. The average Bonchev–Trinajstić information content (AvgIpc) is 3.52. The first-order chi connectivity index (χ1) is 17.5. The topological polar surface area (TPSA) is 74.9 Å². The van der Waals surface area contributed by atoms with Gasteiger partial charge < -0.3 is 24.3 Å². The van der Waals surface area contributed by atoms with Crippen molar-refractivity contribution in [2.45, 2.75) is 32.7 Å². The molecule has 2 amide bonds. The first-order valence-electron chi connectivity index (χ1n) is 12.2. The summed E-state index contributed by atoms with van der Waals surface area (Å²) in [4.78, 5) is 30.5. The molecule has 1 atom stereocenters. The fourth-order valence-corrected chi connectivity index (χ4v) is 4.94. The number of rotatable bonds is 5. The minimum Gasteiger partial charge on any atom is -0.454 e. The molecule has 7 heteroatoms. The molecule has 7 nitrogen and oxygen atoms in total. The van der Waals surface area contributed by atoms with Crippen molar-refractivity contribution in [3.63, 3.8) is 0 Å². The predicted octanol–water partition coefficient (Wildman–Crippen LogP) is 5.21. The van der Waals surface area contributed by atoms with Crippen molar-refractivity contribution in [2.24, 2.45) is 0 Å². The molecule has 36 heavy (non-hydrogen) atoms. The first kappa shape index (κ1) is 25.1. The van der Waals surface area contributed by atoms with Gasteiger partial charge in [-0.3, -0.25) is 9.59 Å². The van der Waals surface area contributed by atoms with Gasteiger partial charge in [0.05, 0.1) is 18.1 Å². The summed E-state index contributed by atoms with van der Waals surface area (Å²) >= 11 is 0. The second-order valence-electron chi connectivity index (χ2n) is 8.83. The van der Waals surface area contributed by atoms with Crippen LogP contribution in [0.4, 0.5) is 0 Å². The molecule has 2 aliphatic heterocycles. The molecule has 3 aromatic rings. The van der Waals surface area contributed by atoms with Gasteiger partial charge in [-0.1, -0.05) is 56.0 Å². The van der Waals surface area contributed by atoms with Gasteiger partial charge in [0.1, 0.15) is 0 Å². The number of H-pyrrole nitrogens is 1. The normalized spacial score (nSPS) is 18.9. The monoisotopic (exact) mass is 487 g/mol. The van der Waals surface area contributed by atoms with E-state index in [1.807, 2.05) is 17.9 Å². The molecular formula is C29H33N3O4. The van der Waals surface area contributed by atoms with Gasteiger partial charge in [-0.2, -0.15) is 0 Å². The van der Waals surface area contributed by atoms with Gasteiger partial charge in [0.25, 0.3) is 0 Å². The van der Waals surface area contributed by atoms with E-state index in [1.54, 1.807) is 19.2 Å². The number of ether oxygens (including phenoxy) is 2. The second-order valence-corrected chi connectivity index (χ2v) is 8.83. The van der Waals surface area contributed by atoms with Crippen LogP contribution in [0.25, 0.3) is 21.7 Å². The van der Waals surface area contributed by atoms with Crippen LogP contribution in [0.15, 0.2) is 72.7 Å². The Hall–Kier alpha value is -4.00. The molecule has 2 aromatic carbocycles. The molecule has 0 aliphatic carbocycles. The van der Waals surface area contributed by atoms with Crippen molar-refractivity contribution < 1.29 is 19.1 Å². The summed E-state index contributed by atoms with van der Waals surface area (Å²) in [5.74, 6) is 1.55. The molecule has 1 N–H and O–H groups in total. The van der Waals surface area contributed by atoms with Crippen LogP contribution < -0.4 is 0 Å². The Morgan fingerprint density at radius 1 is 1.19 bits per heavy atom. The summed E-state index contributed by atoms with van der Waals surface area (Å²) in [5, 5.41) is 3.69. The molecule has 2 aliphatic rings. The van der Waals surface area contributed by atoms with E-state index >= 15 is 0 Å². The highest BCUT2D eigenvalue weighted by Crippen LogP contribution is 2.38. The molecule has 1 aromatic heterocycles. The third-order valence-corrected chi connectivity index (χ3v) is 6.63. The second kappa shape index (κ2) is 11.2. The molecule has 0 spiro atoms. The van der Waals surface area contributed by atoms with E-state index in [-0.39, 0.29) is 18.5 Å². The van der Waals surface area contributed by atoms with Crippen LogP contribution >= 0.6 is 0 Å². The Kier molecular flexibility index (Phi) is 7.78. The van der Waals surface area contributed by atoms with E-state index in [4.69, 9.17) is 9.47 Å². The lowest BCUT2D eigenvalue weighted by molar-refractivity contribution is -0.137. The van der Waals surface area contributed by atoms with Gasteiger partial charge in [-0.05, 0) is 42.9 Å². The van der Waals surface area contributed by atoms with E-state index < -0.39 is 0 Å². The number of amides is 2. The van der Waals surface area contributed by atoms with Crippen LogP contribution in [0.3, 0.4) is 0 Å². The van der Waals surface area contributed by atoms with E-state index in [0.29, 0.717) is 19.7 Å². The number of hydrogen-bond donors (Lipinski definition) is 1. The maximum Gasteiger partial charge on any atom is 0.242 e. The van der Waals surface area contributed by atoms with E-state index in [1.165, 1.54) is 26.6 Å². The van der Waals surface area contributed by atoms with E-state index in [0.717, 1.165) is 35.6 Å². The number of aromatic amines is 1. The first-order valence-corrected chi connectivity index (χ1v) is 12.2. The van der Waals surface area contributed by atoms with Crippen LogP contribution in [-0.4, -0.2) is 54.0 Å². The lowest BCUT2D eigenvalue weighted by atomic mass is 9.95. The lowest BCUT2D eigenvalue weighted by Crippen LogP contribution is -2.44. The predicted molar refractivity (Wildman–Crippen MR) is 142 cm³/mol. The van der Waals surface area contributed by atoms with Crippen molar-refractivity contribution >= 4 is 34.0 Å². The van der Waals surface area contributed by atoms with E-state index in [9.17, 15) is 9.59 Å². The van der Waals surface area contributed by atoms with Crippen LogP contribution in [-0.2, 0) is 25.5 Å². The summed E-state index contributed by atoms with van der Waals surface area (Å²) in [6.07, 6.45) is 7.69. The fraction of sp³-hybridized carbons (Fsp3) is 0.310. The van der Waals surface area contributed by atoms with Crippen LogP contribution in [0.2, 0.25) is 0 Å². The molecule has 1 saturated heterocycles. The SMILES string of the molecule is C=C/C=C1/OCO/C1=C/C.CC[C@H]1c2[nH]c3c(ccc4ccccc43)c2CCN1C(=O)CN(C)C=O. The summed E-state index contributed by atoms with van der Waals surface area (Å²) in [5.41, 5.74) is 3.63. The van der Waals surface area contributed by atoms with Crippen molar-refractivity contribution in [3.05, 3.63) is 84.0 Å². The number of benzene rings is 2.